The predicted octanol–water partition coefficient (Wildman–Crippen LogP) is 3.87. The third kappa shape index (κ3) is 4.60. The van der Waals surface area contributed by atoms with Crippen molar-refractivity contribution in [3.8, 4) is 0 Å². The van der Waals surface area contributed by atoms with Gasteiger partial charge >= 0.3 is 0 Å². The molecule has 5 heteroatoms. The van der Waals surface area contributed by atoms with Crippen LogP contribution in [0.2, 0.25) is 8.67 Å². The van der Waals surface area contributed by atoms with Gasteiger partial charge in [-0.05, 0) is 44.9 Å². The summed E-state index contributed by atoms with van der Waals surface area (Å²) in [5, 5.41) is 12.5. The highest BCUT2D eigenvalue weighted by Crippen LogP contribution is 2.34. The highest BCUT2D eigenvalue weighted by atomic mass is 35.5. The normalized spacial score (nSPS) is 15.1. The molecule has 0 amide bonds. The van der Waals surface area contributed by atoms with Crippen molar-refractivity contribution >= 4 is 34.5 Å². The van der Waals surface area contributed by atoms with Gasteiger partial charge in [-0.1, -0.05) is 23.2 Å². The predicted molar refractivity (Wildman–Crippen MR) is 71.7 cm³/mol. The SMILES string of the molecule is CC(O)CCCNC(C)c1cc(Cl)sc1Cl. The van der Waals surface area contributed by atoms with Gasteiger partial charge in [0.15, 0.2) is 0 Å². The molecule has 0 saturated carbocycles. The van der Waals surface area contributed by atoms with Gasteiger partial charge in [0.25, 0.3) is 0 Å². The summed E-state index contributed by atoms with van der Waals surface area (Å²) in [6.07, 6.45) is 1.55. The van der Waals surface area contributed by atoms with Crippen molar-refractivity contribution in [3.63, 3.8) is 0 Å². The van der Waals surface area contributed by atoms with Crippen molar-refractivity contribution in [2.75, 3.05) is 6.54 Å². The smallest absolute Gasteiger partial charge is 0.0991 e. The van der Waals surface area contributed by atoms with Crippen LogP contribution in [0.15, 0.2) is 6.07 Å². The Morgan fingerprint density at radius 2 is 2.12 bits per heavy atom. The number of halogens is 2. The topological polar surface area (TPSA) is 32.3 Å². The van der Waals surface area contributed by atoms with Crippen LogP contribution in [0.5, 0.6) is 0 Å². The number of hydrogen-bond donors (Lipinski definition) is 2. The standard InChI is InChI=1S/C11H17Cl2NOS/c1-7(15)4-3-5-14-8(2)9-6-10(12)16-11(9)13/h6-8,14-15H,3-5H2,1-2H3. The number of nitrogens with one attached hydrogen (secondary N) is 1. The second-order valence-corrected chi connectivity index (χ2v) is 6.23. The molecule has 0 fully saturated rings. The van der Waals surface area contributed by atoms with E-state index in [0.29, 0.717) is 0 Å². The molecule has 1 aromatic rings. The van der Waals surface area contributed by atoms with Crippen LogP contribution < -0.4 is 5.32 Å². The first kappa shape index (κ1) is 14.3. The Kier molecular flexibility index (Phi) is 6.08. The monoisotopic (exact) mass is 281 g/mol. The van der Waals surface area contributed by atoms with Crippen molar-refractivity contribution in [1.29, 1.82) is 0 Å². The molecule has 92 valence electrons. The molecule has 1 rings (SSSR count). The Bertz CT molecular complexity index is 328. The maximum atomic E-state index is 9.12. The average Bonchev–Trinajstić information content (AvgIpc) is 2.52. The summed E-state index contributed by atoms with van der Waals surface area (Å²) in [7, 11) is 0. The van der Waals surface area contributed by atoms with Gasteiger partial charge < -0.3 is 10.4 Å². The number of aliphatic hydroxyl groups is 1. The molecule has 2 nitrogen and oxygen atoms in total. The van der Waals surface area contributed by atoms with Gasteiger partial charge in [-0.15, -0.1) is 11.3 Å². The van der Waals surface area contributed by atoms with Gasteiger partial charge in [0.05, 0.1) is 14.8 Å². The molecule has 0 radical (unpaired) electrons. The van der Waals surface area contributed by atoms with Gasteiger partial charge in [0, 0.05) is 6.04 Å². The molecule has 0 aliphatic rings. The van der Waals surface area contributed by atoms with E-state index < -0.39 is 0 Å². The molecule has 0 aromatic carbocycles. The highest BCUT2D eigenvalue weighted by molar-refractivity contribution is 7.20. The molecule has 0 aliphatic heterocycles. The molecular formula is C11H17Cl2NOS. The van der Waals surface area contributed by atoms with E-state index in [4.69, 9.17) is 28.3 Å². The number of rotatable bonds is 6. The number of thiophene rings is 1. The summed E-state index contributed by atoms with van der Waals surface area (Å²) >= 11 is 13.3. The molecule has 1 heterocycles. The lowest BCUT2D eigenvalue weighted by Gasteiger charge is -2.13. The zero-order chi connectivity index (χ0) is 12.1. The Labute approximate surface area is 111 Å². The maximum absolute atomic E-state index is 9.12. The van der Waals surface area contributed by atoms with Gasteiger partial charge in [-0.25, -0.2) is 0 Å². The molecule has 0 saturated heterocycles. The van der Waals surface area contributed by atoms with E-state index in [1.165, 1.54) is 11.3 Å². The third-order valence-corrected chi connectivity index (χ3v) is 3.92. The van der Waals surface area contributed by atoms with Crippen molar-refractivity contribution in [1.82, 2.24) is 5.32 Å². The summed E-state index contributed by atoms with van der Waals surface area (Å²) in [6.45, 7) is 4.74. The fraction of sp³-hybridized carbons (Fsp3) is 0.636. The van der Waals surface area contributed by atoms with Crippen LogP contribution in [0.4, 0.5) is 0 Å². The van der Waals surface area contributed by atoms with Crippen LogP contribution in [0.1, 0.15) is 38.3 Å². The molecule has 0 spiro atoms. The first-order valence-electron chi connectivity index (χ1n) is 5.37. The summed E-state index contributed by atoms with van der Waals surface area (Å²) in [6, 6.07) is 2.10. The quantitative estimate of drug-likeness (QED) is 0.776. The van der Waals surface area contributed by atoms with Crippen molar-refractivity contribution in [2.24, 2.45) is 0 Å². The van der Waals surface area contributed by atoms with E-state index in [-0.39, 0.29) is 12.1 Å². The summed E-state index contributed by atoms with van der Waals surface area (Å²) in [4.78, 5) is 0. The first-order valence-corrected chi connectivity index (χ1v) is 6.94. The minimum absolute atomic E-state index is 0.199. The summed E-state index contributed by atoms with van der Waals surface area (Å²) in [5.41, 5.74) is 1.05. The molecular weight excluding hydrogens is 265 g/mol. The minimum Gasteiger partial charge on any atom is -0.393 e. The Morgan fingerprint density at radius 3 is 2.62 bits per heavy atom. The van der Waals surface area contributed by atoms with Gasteiger partial charge in [0.1, 0.15) is 0 Å². The van der Waals surface area contributed by atoms with Crippen molar-refractivity contribution < 1.29 is 5.11 Å². The molecule has 2 unspecified atom stereocenters. The number of hydrogen-bond acceptors (Lipinski definition) is 3. The van der Waals surface area contributed by atoms with E-state index in [0.717, 1.165) is 33.6 Å². The Hall–Kier alpha value is 0.200. The lowest BCUT2D eigenvalue weighted by Crippen LogP contribution is -2.20. The van der Waals surface area contributed by atoms with Crippen LogP contribution in [0, 0.1) is 0 Å². The Morgan fingerprint density at radius 1 is 1.44 bits per heavy atom. The summed E-state index contributed by atoms with van der Waals surface area (Å²) < 4.78 is 1.47. The molecule has 1 aromatic heterocycles. The fourth-order valence-electron chi connectivity index (χ4n) is 1.47. The molecule has 2 atom stereocenters. The highest BCUT2D eigenvalue weighted by Gasteiger charge is 2.12. The molecule has 0 bridgehead atoms. The van der Waals surface area contributed by atoms with Gasteiger partial charge in [0.2, 0.25) is 0 Å². The first-order chi connectivity index (χ1) is 7.50. The van der Waals surface area contributed by atoms with E-state index in [2.05, 4.69) is 12.2 Å². The second-order valence-electron chi connectivity index (χ2n) is 3.95. The van der Waals surface area contributed by atoms with Gasteiger partial charge in [-0.3, -0.25) is 0 Å². The third-order valence-electron chi connectivity index (χ3n) is 2.40. The van der Waals surface area contributed by atoms with E-state index >= 15 is 0 Å². The number of aliphatic hydroxyl groups excluding tert-OH is 1. The minimum atomic E-state index is -0.226. The average molecular weight is 282 g/mol. The second kappa shape index (κ2) is 6.82. The van der Waals surface area contributed by atoms with Crippen molar-refractivity contribution in [2.45, 2.75) is 38.8 Å². The largest absolute Gasteiger partial charge is 0.393 e. The Balaban J connectivity index is 2.35. The van der Waals surface area contributed by atoms with Crippen LogP contribution in [-0.4, -0.2) is 17.8 Å². The molecule has 16 heavy (non-hydrogen) atoms. The van der Waals surface area contributed by atoms with E-state index in [1.807, 2.05) is 6.07 Å². The summed E-state index contributed by atoms with van der Waals surface area (Å²) in [5.74, 6) is 0. The van der Waals surface area contributed by atoms with Crippen LogP contribution >= 0.6 is 34.5 Å². The van der Waals surface area contributed by atoms with Crippen LogP contribution in [0.3, 0.4) is 0 Å². The zero-order valence-corrected chi connectivity index (χ0v) is 11.8. The fourth-order valence-corrected chi connectivity index (χ4v) is 3.12. The van der Waals surface area contributed by atoms with Crippen molar-refractivity contribution in [3.05, 3.63) is 20.3 Å². The molecule has 0 aliphatic carbocycles. The van der Waals surface area contributed by atoms with Crippen LogP contribution in [0.25, 0.3) is 0 Å². The van der Waals surface area contributed by atoms with Crippen LogP contribution in [-0.2, 0) is 0 Å². The zero-order valence-electron chi connectivity index (χ0n) is 9.46. The van der Waals surface area contributed by atoms with E-state index in [9.17, 15) is 0 Å². The van der Waals surface area contributed by atoms with Gasteiger partial charge in [-0.2, -0.15) is 0 Å². The molecule has 2 N–H and O–H groups in total. The van der Waals surface area contributed by atoms with E-state index in [1.54, 1.807) is 6.92 Å². The lowest BCUT2D eigenvalue weighted by atomic mass is 10.1. The maximum Gasteiger partial charge on any atom is 0.0991 e. The lowest BCUT2D eigenvalue weighted by molar-refractivity contribution is 0.181.